The molecule has 2 rings (SSSR count). The molecular formula is C18H34N4O4. The number of rotatable bonds is 11. The van der Waals surface area contributed by atoms with Crippen molar-refractivity contribution in [3.8, 4) is 0 Å². The molecule has 0 bridgehead atoms. The Balaban J connectivity index is 0.000000494. The minimum absolute atomic E-state index is 0.276. The zero-order valence-corrected chi connectivity index (χ0v) is 15.7. The lowest BCUT2D eigenvalue weighted by atomic mass is 10.1. The predicted molar refractivity (Wildman–Crippen MR) is 104 cm³/mol. The van der Waals surface area contributed by atoms with Crippen molar-refractivity contribution in [2.24, 2.45) is 9.98 Å². The fourth-order valence-corrected chi connectivity index (χ4v) is 2.26. The summed E-state index contributed by atoms with van der Waals surface area (Å²) in [5, 5.41) is 22.7. The van der Waals surface area contributed by atoms with Gasteiger partial charge in [-0.25, -0.2) is 0 Å². The molecular weight excluding hydrogens is 336 g/mol. The van der Waals surface area contributed by atoms with Crippen LogP contribution in [-0.2, 0) is 9.59 Å². The number of carbonyl (C=O) groups is 2. The molecule has 0 aromatic carbocycles. The maximum Gasteiger partial charge on any atom is 0.303 e. The van der Waals surface area contributed by atoms with Crippen molar-refractivity contribution in [1.29, 1.82) is 0 Å². The van der Waals surface area contributed by atoms with Gasteiger partial charge in [0.15, 0.2) is 0 Å². The van der Waals surface area contributed by atoms with Crippen LogP contribution in [0.25, 0.3) is 0 Å². The van der Waals surface area contributed by atoms with Crippen LogP contribution in [0.5, 0.6) is 0 Å². The molecule has 0 fully saturated rings. The Kier molecular flexibility index (Phi) is 17.6. The summed E-state index contributed by atoms with van der Waals surface area (Å²) in [7, 11) is 0. The Morgan fingerprint density at radius 3 is 1.23 bits per heavy atom. The van der Waals surface area contributed by atoms with Gasteiger partial charge in [-0.05, 0) is 12.8 Å². The summed E-state index contributed by atoms with van der Waals surface area (Å²) in [6.07, 6.45) is 12.0. The number of hydrogen-bond donors (Lipinski definition) is 4. The quantitative estimate of drug-likeness (QED) is 0.414. The van der Waals surface area contributed by atoms with E-state index in [0.29, 0.717) is 0 Å². The highest BCUT2D eigenvalue weighted by Crippen LogP contribution is 2.10. The lowest BCUT2D eigenvalue weighted by molar-refractivity contribution is -0.138. The van der Waals surface area contributed by atoms with Crippen molar-refractivity contribution in [2.45, 2.75) is 64.2 Å². The molecule has 2 heterocycles. The van der Waals surface area contributed by atoms with E-state index >= 15 is 0 Å². The molecule has 0 saturated carbocycles. The zero-order valence-electron chi connectivity index (χ0n) is 15.7. The van der Waals surface area contributed by atoms with Crippen LogP contribution in [0.4, 0.5) is 0 Å². The molecule has 8 heteroatoms. The zero-order chi connectivity index (χ0) is 19.3. The van der Waals surface area contributed by atoms with Crippen molar-refractivity contribution in [3.63, 3.8) is 0 Å². The van der Waals surface area contributed by atoms with E-state index in [4.69, 9.17) is 10.2 Å². The number of carboxylic acid groups (broad SMARTS) is 2. The smallest absolute Gasteiger partial charge is 0.303 e. The molecule has 2 aliphatic rings. The standard InChI is InChI=1S/C12H22O4.2C3H6N2/c13-11(14)9-7-5-3-1-2-4-6-8-10-12(15)16;2*1-2-5-3-4-1/h1-10H2,(H,13,14)(H,15,16);2*3H,1-2H2,(H,4,5). The molecule has 0 aromatic heterocycles. The van der Waals surface area contributed by atoms with Gasteiger partial charge < -0.3 is 20.8 Å². The van der Waals surface area contributed by atoms with Crippen LogP contribution >= 0.6 is 0 Å². The number of carboxylic acids is 2. The first-order chi connectivity index (χ1) is 12.6. The molecule has 0 aromatic rings. The number of hydrogen-bond acceptors (Lipinski definition) is 6. The highest BCUT2D eigenvalue weighted by atomic mass is 16.4. The summed E-state index contributed by atoms with van der Waals surface area (Å²) in [5.74, 6) is -1.43. The number of aliphatic imine (C=N–C) groups is 2. The van der Waals surface area contributed by atoms with E-state index in [1.165, 1.54) is 0 Å². The lowest BCUT2D eigenvalue weighted by Crippen LogP contribution is -2.04. The Hall–Kier alpha value is -2.12. The van der Waals surface area contributed by atoms with Crippen molar-refractivity contribution in [1.82, 2.24) is 10.6 Å². The van der Waals surface area contributed by atoms with Gasteiger partial charge in [-0.15, -0.1) is 0 Å². The first-order valence-corrected chi connectivity index (χ1v) is 9.50. The summed E-state index contributed by atoms with van der Waals surface area (Å²) in [6, 6.07) is 0. The Bertz CT molecular complexity index is 364. The predicted octanol–water partition coefficient (Wildman–Crippen LogP) is 2.29. The third-order valence-corrected chi connectivity index (χ3v) is 3.67. The summed E-state index contributed by atoms with van der Waals surface area (Å²) in [4.78, 5) is 28.1. The van der Waals surface area contributed by atoms with E-state index in [-0.39, 0.29) is 12.8 Å². The normalized spacial score (nSPS) is 13.7. The van der Waals surface area contributed by atoms with Gasteiger partial charge in [-0.1, -0.05) is 38.5 Å². The highest BCUT2D eigenvalue weighted by molar-refractivity contribution is 5.66. The number of aliphatic carboxylic acids is 2. The van der Waals surface area contributed by atoms with E-state index < -0.39 is 11.9 Å². The van der Waals surface area contributed by atoms with Crippen molar-refractivity contribution >= 4 is 24.6 Å². The van der Waals surface area contributed by atoms with Gasteiger partial charge in [0, 0.05) is 25.9 Å². The Morgan fingerprint density at radius 1 is 0.692 bits per heavy atom. The van der Waals surface area contributed by atoms with Crippen LogP contribution in [-0.4, -0.2) is 61.0 Å². The summed E-state index contributed by atoms with van der Waals surface area (Å²) in [5.41, 5.74) is 0. The van der Waals surface area contributed by atoms with Crippen molar-refractivity contribution < 1.29 is 19.8 Å². The van der Waals surface area contributed by atoms with Gasteiger partial charge >= 0.3 is 11.9 Å². The second-order valence-electron chi connectivity index (χ2n) is 6.09. The molecule has 0 aliphatic carbocycles. The van der Waals surface area contributed by atoms with Crippen LogP contribution in [0.3, 0.4) is 0 Å². The number of nitrogens with one attached hydrogen (secondary N) is 2. The SMILES string of the molecule is C1=NCCN1.C1=NCCN1.O=C(O)CCCCCCCCCCC(=O)O. The largest absolute Gasteiger partial charge is 0.481 e. The molecule has 4 N–H and O–H groups in total. The van der Waals surface area contributed by atoms with Gasteiger partial charge in [0.1, 0.15) is 0 Å². The molecule has 0 saturated heterocycles. The molecule has 0 radical (unpaired) electrons. The first kappa shape index (κ1) is 23.9. The lowest BCUT2D eigenvalue weighted by Gasteiger charge is -2.00. The highest BCUT2D eigenvalue weighted by Gasteiger charge is 1.98. The van der Waals surface area contributed by atoms with Crippen LogP contribution in [0, 0.1) is 0 Å². The summed E-state index contributed by atoms with van der Waals surface area (Å²) < 4.78 is 0. The van der Waals surface area contributed by atoms with Crippen molar-refractivity contribution in [3.05, 3.63) is 0 Å². The maximum atomic E-state index is 10.2. The number of unbranched alkanes of at least 4 members (excludes halogenated alkanes) is 7. The molecule has 0 unspecified atom stereocenters. The molecule has 2 aliphatic heterocycles. The monoisotopic (exact) mass is 370 g/mol. The molecule has 0 amide bonds. The van der Waals surface area contributed by atoms with Gasteiger partial charge in [0.2, 0.25) is 0 Å². The van der Waals surface area contributed by atoms with Gasteiger partial charge in [-0.3, -0.25) is 19.6 Å². The van der Waals surface area contributed by atoms with Crippen LogP contribution < -0.4 is 10.6 Å². The van der Waals surface area contributed by atoms with E-state index in [1.54, 1.807) is 12.7 Å². The maximum absolute atomic E-state index is 10.2. The third-order valence-electron chi connectivity index (χ3n) is 3.67. The van der Waals surface area contributed by atoms with E-state index in [1.807, 2.05) is 0 Å². The molecule has 26 heavy (non-hydrogen) atoms. The van der Waals surface area contributed by atoms with Crippen LogP contribution in [0.2, 0.25) is 0 Å². The number of nitrogens with zero attached hydrogens (tertiary/aromatic N) is 2. The van der Waals surface area contributed by atoms with E-state index in [0.717, 1.165) is 77.5 Å². The molecule has 8 nitrogen and oxygen atoms in total. The second-order valence-corrected chi connectivity index (χ2v) is 6.09. The fraction of sp³-hybridized carbons (Fsp3) is 0.778. The average molecular weight is 370 g/mol. The van der Waals surface area contributed by atoms with Gasteiger partial charge in [-0.2, -0.15) is 0 Å². The van der Waals surface area contributed by atoms with E-state index in [2.05, 4.69) is 20.6 Å². The fourth-order valence-electron chi connectivity index (χ4n) is 2.26. The molecule has 0 spiro atoms. The van der Waals surface area contributed by atoms with E-state index in [9.17, 15) is 9.59 Å². The topological polar surface area (TPSA) is 123 Å². The van der Waals surface area contributed by atoms with Crippen LogP contribution in [0.1, 0.15) is 64.2 Å². The van der Waals surface area contributed by atoms with Crippen LogP contribution in [0.15, 0.2) is 9.98 Å². The Morgan fingerprint density at radius 2 is 1.04 bits per heavy atom. The third kappa shape index (κ3) is 21.9. The van der Waals surface area contributed by atoms with Gasteiger partial charge in [0.25, 0.3) is 0 Å². The Labute approximate surface area is 156 Å². The average Bonchev–Trinajstić information content (AvgIpc) is 3.34. The first-order valence-electron chi connectivity index (χ1n) is 9.50. The minimum atomic E-state index is -0.714. The molecule has 0 atom stereocenters. The van der Waals surface area contributed by atoms with Crippen molar-refractivity contribution in [2.75, 3.05) is 26.2 Å². The minimum Gasteiger partial charge on any atom is -0.481 e. The summed E-state index contributed by atoms with van der Waals surface area (Å²) >= 11 is 0. The van der Waals surface area contributed by atoms with Gasteiger partial charge in [0.05, 0.1) is 25.8 Å². The summed E-state index contributed by atoms with van der Waals surface area (Å²) in [6.45, 7) is 3.97. The molecule has 150 valence electrons. The second kappa shape index (κ2) is 19.2.